The highest BCUT2D eigenvalue weighted by Crippen LogP contribution is 2.49. The Hall–Kier alpha value is -4.29. The third-order valence-electron chi connectivity index (χ3n) is 6.50. The third-order valence-corrected chi connectivity index (χ3v) is 6.71. The number of halogens is 1. The van der Waals surface area contributed by atoms with Crippen LogP contribution in [0.2, 0.25) is 5.15 Å². The Morgan fingerprint density at radius 2 is 1.43 bits per heavy atom. The lowest BCUT2D eigenvalue weighted by Crippen LogP contribution is -2.28. The first-order chi connectivity index (χ1) is 18.1. The van der Waals surface area contributed by atoms with Gasteiger partial charge in [-0.05, 0) is 36.1 Å². The van der Waals surface area contributed by atoms with Crippen LogP contribution in [0.1, 0.15) is 24.0 Å². The van der Waals surface area contributed by atoms with Crippen LogP contribution in [-0.4, -0.2) is 21.0 Å². The summed E-state index contributed by atoms with van der Waals surface area (Å²) in [6.45, 7) is 0.428. The van der Waals surface area contributed by atoms with Gasteiger partial charge in [0.05, 0.1) is 11.4 Å². The highest BCUT2D eigenvalue weighted by molar-refractivity contribution is 6.29. The summed E-state index contributed by atoms with van der Waals surface area (Å²) in [4.78, 5) is 26.6. The van der Waals surface area contributed by atoms with Crippen LogP contribution in [-0.2, 0) is 16.9 Å². The monoisotopic (exact) mass is 506 g/mol. The van der Waals surface area contributed by atoms with Gasteiger partial charge in [-0.25, -0.2) is 19.7 Å². The number of hydrogen-bond acceptors (Lipinski definition) is 5. The smallest absolute Gasteiger partial charge is 0.408 e. The first-order valence-electron chi connectivity index (χ1n) is 12.1. The third kappa shape index (κ3) is 4.88. The van der Waals surface area contributed by atoms with E-state index >= 15 is 0 Å². The molecule has 0 spiro atoms. The van der Waals surface area contributed by atoms with Gasteiger partial charge in [-0.2, -0.15) is 0 Å². The fourth-order valence-electron chi connectivity index (χ4n) is 4.40. The van der Waals surface area contributed by atoms with Gasteiger partial charge in [-0.1, -0.05) is 96.5 Å². The van der Waals surface area contributed by atoms with Gasteiger partial charge in [0.25, 0.3) is 0 Å². The molecule has 0 aliphatic heterocycles. The van der Waals surface area contributed by atoms with Crippen molar-refractivity contribution in [3.63, 3.8) is 0 Å². The van der Waals surface area contributed by atoms with E-state index in [1.165, 1.54) is 0 Å². The fraction of sp³-hybridized carbons (Fsp3) is 0.133. The van der Waals surface area contributed by atoms with Gasteiger partial charge in [0.2, 0.25) is 0 Å². The molecule has 37 heavy (non-hydrogen) atoms. The Kier molecular flexibility index (Phi) is 6.02. The Bertz CT molecular complexity index is 1570. The van der Waals surface area contributed by atoms with Crippen molar-refractivity contribution < 1.29 is 9.53 Å². The molecule has 2 heterocycles. The zero-order valence-electron chi connectivity index (χ0n) is 19.9. The minimum atomic E-state index is -0.586. The molecule has 0 atom stereocenters. The number of ether oxygens (including phenoxy) is 1. The van der Waals surface area contributed by atoms with Crippen molar-refractivity contribution in [2.75, 3.05) is 0 Å². The second-order valence-electron chi connectivity index (χ2n) is 9.06. The van der Waals surface area contributed by atoms with E-state index in [-0.39, 0.29) is 0 Å². The number of benzene rings is 3. The maximum atomic E-state index is 12.5. The first kappa shape index (κ1) is 23.1. The molecule has 5 aromatic rings. The number of aromatic nitrogens is 3. The molecule has 1 amide bonds. The molecule has 6 rings (SSSR count). The van der Waals surface area contributed by atoms with Gasteiger partial charge in [-0.15, -0.1) is 0 Å². The standard InChI is InChI=1S/C30H23ClN4O2/c31-25-16-15-24-28(34-25)35-27(21-9-5-2-6-10-21)26(33-24)22-11-13-23(14-12-22)30(17-18-30)37-29(36)32-19-20-7-3-1-4-8-20/h1-16H,17-19H2,(H,32,36). The van der Waals surface area contributed by atoms with Gasteiger partial charge < -0.3 is 10.1 Å². The molecule has 0 bridgehead atoms. The summed E-state index contributed by atoms with van der Waals surface area (Å²) in [7, 11) is 0. The van der Waals surface area contributed by atoms with E-state index in [0.29, 0.717) is 22.9 Å². The molecule has 0 saturated heterocycles. The molecule has 6 nitrogen and oxygen atoms in total. The van der Waals surface area contributed by atoms with E-state index in [1.54, 1.807) is 6.07 Å². The van der Waals surface area contributed by atoms with E-state index in [1.807, 2.05) is 91.0 Å². The second-order valence-corrected chi connectivity index (χ2v) is 9.45. The van der Waals surface area contributed by atoms with Crippen molar-refractivity contribution in [3.05, 3.63) is 113 Å². The van der Waals surface area contributed by atoms with Crippen molar-refractivity contribution in [1.29, 1.82) is 0 Å². The quantitative estimate of drug-likeness (QED) is 0.253. The average Bonchev–Trinajstić information content (AvgIpc) is 3.73. The number of nitrogens with one attached hydrogen (secondary N) is 1. The fourth-order valence-corrected chi connectivity index (χ4v) is 4.54. The van der Waals surface area contributed by atoms with Crippen LogP contribution in [0, 0.1) is 0 Å². The number of hydrogen-bond donors (Lipinski definition) is 1. The number of fused-ring (bicyclic) bond motifs is 1. The minimum absolute atomic E-state index is 0.375. The molecule has 1 fully saturated rings. The van der Waals surface area contributed by atoms with E-state index in [2.05, 4.69) is 10.3 Å². The molecule has 1 aliphatic carbocycles. The van der Waals surface area contributed by atoms with Crippen LogP contribution in [0.25, 0.3) is 33.7 Å². The largest absolute Gasteiger partial charge is 0.438 e. The van der Waals surface area contributed by atoms with Gasteiger partial charge in [0.1, 0.15) is 16.3 Å². The van der Waals surface area contributed by atoms with E-state index in [4.69, 9.17) is 26.3 Å². The number of alkyl carbamates (subject to hydrolysis) is 1. The van der Waals surface area contributed by atoms with Crippen LogP contribution < -0.4 is 5.32 Å². The molecule has 1 N–H and O–H groups in total. The zero-order valence-corrected chi connectivity index (χ0v) is 20.7. The van der Waals surface area contributed by atoms with Crippen molar-refractivity contribution >= 4 is 28.9 Å². The summed E-state index contributed by atoms with van der Waals surface area (Å²) in [6, 6.07) is 31.2. The van der Waals surface area contributed by atoms with Crippen LogP contribution in [0.15, 0.2) is 97.1 Å². The van der Waals surface area contributed by atoms with Gasteiger partial charge in [-0.3, -0.25) is 0 Å². The number of rotatable bonds is 6. The van der Waals surface area contributed by atoms with Crippen molar-refractivity contribution in [1.82, 2.24) is 20.3 Å². The Morgan fingerprint density at radius 1 is 0.784 bits per heavy atom. The molecule has 2 aromatic heterocycles. The number of carbonyl (C=O) groups is 1. The number of carbonyl (C=O) groups excluding carboxylic acids is 1. The molecule has 1 saturated carbocycles. The number of amides is 1. The predicted molar refractivity (Wildman–Crippen MR) is 144 cm³/mol. The Morgan fingerprint density at radius 3 is 2.14 bits per heavy atom. The first-order valence-corrected chi connectivity index (χ1v) is 12.5. The highest BCUT2D eigenvalue weighted by Gasteiger charge is 2.48. The number of nitrogens with zero attached hydrogens (tertiary/aromatic N) is 3. The van der Waals surface area contributed by atoms with E-state index < -0.39 is 11.7 Å². The van der Waals surface area contributed by atoms with Gasteiger partial charge in [0, 0.05) is 17.7 Å². The highest BCUT2D eigenvalue weighted by atomic mass is 35.5. The summed E-state index contributed by atoms with van der Waals surface area (Å²) in [5, 5.41) is 3.23. The minimum Gasteiger partial charge on any atom is -0.438 e. The normalized spacial score (nSPS) is 13.8. The lowest BCUT2D eigenvalue weighted by atomic mass is 10.0. The summed E-state index contributed by atoms with van der Waals surface area (Å²) in [6.07, 6.45) is 1.17. The lowest BCUT2D eigenvalue weighted by Gasteiger charge is -2.18. The van der Waals surface area contributed by atoms with Gasteiger partial charge >= 0.3 is 6.09 Å². The molecule has 0 unspecified atom stereocenters. The maximum Gasteiger partial charge on any atom is 0.408 e. The van der Waals surface area contributed by atoms with Crippen molar-refractivity contribution in [2.45, 2.75) is 25.0 Å². The average molecular weight is 507 g/mol. The Balaban J connectivity index is 1.27. The molecular weight excluding hydrogens is 484 g/mol. The van der Waals surface area contributed by atoms with Crippen molar-refractivity contribution in [3.8, 4) is 22.5 Å². The summed E-state index contributed by atoms with van der Waals surface area (Å²) < 4.78 is 5.87. The number of pyridine rings is 1. The summed E-state index contributed by atoms with van der Waals surface area (Å²) >= 11 is 6.11. The molecule has 182 valence electrons. The SMILES string of the molecule is O=C(NCc1ccccc1)OC1(c2ccc(-c3nc4ccc(Cl)nc4nc3-c3ccccc3)cc2)CC1. The molecular formula is C30H23ClN4O2. The molecule has 3 aromatic carbocycles. The maximum absolute atomic E-state index is 12.5. The predicted octanol–water partition coefficient (Wildman–Crippen LogP) is 6.93. The molecule has 1 aliphatic rings. The van der Waals surface area contributed by atoms with Crippen LogP contribution in [0.4, 0.5) is 4.79 Å². The lowest BCUT2D eigenvalue weighted by molar-refractivity contribution is 0.0809. The van der Waals surface area contributed by atoms with Crippen molar-refractivity contribution in [2.24, 2.45) is 0 Å². The van der Waals surface area contributed by atoms with Crippen LogP contribution in [0.5, 0.6) is 0 Å². The van der Waals surface area contributed by atoms with Crippen LogP contribution in [0.3, 0.4) is 0 Å². The summed E-state index contributed by atoms with van der Waals surface area (Å²) in [5.74, 6) is 0. The van der Waals surface area contributed by atoms with Gasteiger partial charge in [0.15, 0.2) is 5.65 Å². The second kappa shape index (κ2) is 9.64. The van der Waals surface area contributed by atoms with Crippen LogP contribution >= 0.6 is 11.6 Å². The molecule has 0 radical (unpaired) electrons. The topological polar surface area (TPSA) is 77.0 Å². The van der Waals surface area contributed by atoms with E-state index in [0.717, 1.165) is 46.5 Å². The zero-order chi connectivity index (χ0) is 25.2. The molecule has 7 heteroatoms. The summed E-state index contributed by atoms with van der Waals surface area (Å²) in [5.41, 5.74) is 5.91. The Labute approximate surface area is 219 Å². The van der Waals surface area contributed by atoms with E-state index in [9.17, 15) is 4.79 Å².